The molecule has 1 heterocycles. The summed E-state index contributed by atoms with van der Waals surface area (Å²) in [7, 11) is -3.72. The fourth-order valence-corrected chi connectivity index (χ4v) is 4.67. The molecule has 0 spiro atoms. The average Bonchev–Trinajstić information content (AvgIpc) is 2.78. The van der Waals surface area contributed by atoms with E-state index in [9.17, 15) is 18.5 Å². The van der Waals surface area contributed by atoms with Crippen LogP contribution in [-0.4, -0.2) is 29.0 Å². The fourth-order valence-electron chi connectivity index (χ4n) is 2.39. The lowest BCUT2D eigenvalue weighted by Gasteiger charge is -2.18. The van der Waals surface area contributed by atoms with Crippen LogP contribution < -0.4 is 4.74 Å². The quantitative estimate of drug-likeness (QED) is 0.435. The predicted octanol–water partition coefficient (Wildman–Crippen LogP) is 3.70. The van der Waals surface area contributed by atoms with E-state index in [0.717, 1.165) is 12.1 Å². The van der Waals surface area contributed by atoms with Gasteiger partial charge in [0.1, 0.15) is 11.9 Å². The fraction of sp³-hybridized carbons (Fsp3) is 0.538. The third-order valence-electron chi connectivity index (χ3n) is 3.28. The van der Waals surface area contributed by atoms with Gasteiger partial charge in [-0.05, 0) is 5.92 Å². The van der Waals surface area contributed by atoms with Crippen LogP contribution in [0.1, 0.15) is 19.4 Å². The zero-order valence-corrected chi connectivity index (χ0v) is 15.3. The number of hydrogen-bond donors (Lipinski definition) is 0. The number of fused-ring (bicyclic) bond motifs is 1. The maximum atomic E-state index is 12.6. The van der Waals surface area contributed by atoms with Crippen molar-refractivity contribution >= 4 is 50.3 Å². The Morgan fingerprint density at radius 3 is 2.48 bits per heavy atom. The first-order chi connectivity index (χ1) is 10.4. The second-order valence-electron chi connectivity index (χ2n) is 5.71. The van der Waals surface area contributed by atoms with Gasteiger partial charge in [-0.3, -0.25) is 10.1 Å². The number of alkyl halides is 3. The summed E-state index contributed by atoms with van der Waals surface area (Å²) >= 11 is 17.4. The number of nitrogens with zero attached hydrogens (tertiary/aromatic N) is 1. The lowest BCUT2D eigenvalue weighted by atomic mass is 10.1. The minimum Gasteiger partial charge on any atom is -0.485 e. The Bertz CT molecular complexity index is 743. The first kappa shape index (κ1) is 18.6. The van der Waals surface area contributed by atoms with Gasteiger partial charge in [0.25, 0.3) is 5.69 Å². The van der Waals surface area contributed by atoms with Gasteiger partial charge in [-0.2, -0.15) is 0 Å². The van der Waals surface area contributed by atoms with Crippen LogP contribution >= 0.6 is 34.8 Å². The Morgan fingerprint density at radius 2 is 2.00 bits per heavy atom. The Labute approximate surface area is 148 Å². The number of rotatable bonds is 4. The number of ether oxygens (including phenoxy) is 1. The SMILES string of the molecule is CC(C)CS(=O)(=O)c1cc([N+](=O)[O-])cc2c1CC(C(Cl)(Cl)Cl)O2. The van der Waals surface area contributed by atoms with E-state index in [0.29, 0.717) is 5.56 Å². The van der Waals surface area contributed by atoms with Gasteiger partial charge in [0.2, 0.25) is 3.79 Å². The van der Waals surface area contributed by atoms with Gasteiger partial charge in [-0.1, -0.05) is 48.7 Å². The van der Waals surface area contributed by atoms with Crippen molar-refractivity contribution in [2.75, 3.05) is 5.75 Å². The second-order valence-corrected chi connectivity index (χ2v) is 10.1. The zero-order valence-electron chi connectivity index (χ0n) is 12.3. The smallest absolute Gasteiger partial charge is 0.274 e. The van der Waals surface area contributed by atoms with Crippen molar-refractivity contribution in [1.82, 2.24) is 0 Å². The molecule has 128 valence electrons. The van der Waals surface area contributed by atoms with Crippen LogP contribution in [0.5, 0.6) is 5.75 Å². The van der Waals surface area contributed by atoms with Gasteiger partial charge in [0.05, 0.1) is 21.6 Å². The normalized spacial score (nSPS) is 17.9. The Morgan fingerprint density at radius 1 is 1.39 bits per heavy atom. The largest absolute Gasteiger partial charge is 0.485 e. The highest BCUT2D eigenvalue weighted by Gasteiger charge is 2.42. The molecule has 0 saturated carbocycles. The molecule has 1 aliphatic heterocycles. The van der Waals surface area contributed by atoms with Crippen molar-refractivity contribution in [3.8, 4) is 5.75 Å². The lowest BCUT2D eigenvalue weighted by Crippen LogP contribution is -2.29. The number of nitro benzene ring substituents is 1. The molecule has 23 heavy (non-hydrogen) atoms. The molecule has 1 atom stereocenters. The third kappa shape index (κ3) is 4.02. The van der Waals surface area contributed by atoms with Gasteiger partial charge >= 0.3 is 0 Å². The maximum absolute atomic E-state index is 12.6. The van der Waals surface area contributed by atoms with E-state index in [1.165, 1.54) is 0 Å². The molecule has 0 amide bonds. The first-order valence-electron chi connectivity index (χ1n) is 6.69. The van der Waals surface area contributed by atoms with E-state index in [-0.39, 0.29) is 34.4 Å². The molecule has 0 fully saturated rings. The standard InChI is InChI=1S/C13H14Cl3NO5S/c1-7(2)6-23(20,21)11-4-8(17(18)19)3-10-9(11)5-12(22-10)13(14,15)16/h3-4,7,12H,5-6H2,1-2H3. The van der Waals surface area contributed by atoms with Crippen LogP contribution in [0, 0.1) is 16.0 Å². The van der Waals surface area contributed by atoms with Gasteiger partial charge in [-0.15, -0.1) is 0 Å². The molecule has 0 aromatic heterocycles. The van der Waals surface area contributed by atoms with E-state index >= 15 is 0 Å². The molecule has 0 saturated heterocycles. The summed E-state index contributed by atoms with van der Waals surface area (Å²) in [6, 6.07) is 2.20. The highest BCUT2D eigenvalue weighted by Crippen LogP contribution is 2.44. The number of hydrogen-bond acceptors (Lipinski definition) is 5. The molecule has 1 aliphatic rings. The van der Waals surface area contributed by atoms with Gasteiger partial charge in [0, 0.05) is 18.1 Å². The van der Waals surface area contributed by atoms with Gasteiger partial charge < -0.3 is 4.74 Å². The molecule has 10 heteroatoms. The first-order valence-corrected chi connectivity index (χ1v) is 9.48. The number of benzene rings is 1. The summed E-state index contributed by atoms with van der Waals surface area (Å²) < 4.78 is 28.8. The topological polar surface area (TPSA) is 86.5 Å². The minimum atomic E-state index is -3.72. The van der Waals surface area contributed by atoms with Crippen molar-refractivity contribution in [3.05, 3.63) is 27.8 Å². The Hall–Kier alpha value is -0.760. The summed E-state index contributed by atoms with van der Waals surface area (Å²) in [5, 5.41) is 11.1. The summed E-state index contributed by atoms with van der Waals surface area (Å²) in [5.41, 5.74) is -0.0661. The summed E-state index contributed by atoms with van der Waals surface area (Å²) in [6.07, 6.45) is -0.853. The monoisotopic (exact) mass is 401 g/mol. The van der Waals surface area contributed by atoms with E-state index in [2.05, 4.69) is 0 Å². The molecule has 0 aliphatic carbocycles. The van der Waals surface area contributed by atoms with Crippen molar-refractivity contribution in [1.29, 1.82) is 0 Å². The molecule has 0 bridgehead atoms. The van der Waals surface area contributed by atoms with Crippen molar-refractivity contribution in [3.63, 3.8) is 0 Å². The molecular formula is C13H14Cl3NO5S. The zero-order chi connectivity index (χ0) is 17.6. The third-order valence-corrected chi connectivity index (χ3v) is 6.15. The predicted molar refractivity (Wildman–Crippen MR) is 88.4 cm³/mol. The number of nitro groups is 1. The summed E-state index contributed by atoms with van der Waals surface area (Å²) in [5.74, 6) is -0.210. The molecule has 1 unspecified atom stereocenters. The van der Waals surface area contributed by atoms with Gasteiger partial charge in [0.15, 0.2) is 9.84 Å². The van der Waals surface area contributed by atoms with Crippen LogP contribution in [0.2, 0.25) is 0 Å². The summed E-state index contributed by atoms with van der Waals surface area (Å²) in [4.78, 5) is 10.2. The van der Waals surface area contributed by atoms with Crippen molar-refractivity contribution < 1.29 is 18.1 Å². The molecule has 1 aromatic carbocycles. The number of sulfone groups is 1. The minimum absolute atomic E-state index is 0.0521. The van der Waals surface area contributed by atoms with E-state index in [1.54, 1.807) is 13.8 Å². The number of halogens is 3. The average molecular weight is 403 g/mol. The highest BCUT2D eigenvalue weighted by molar-refractivity contribution is 7.91. The van der Waals surface area contributed by atoms with Gasteiger partial charge in [-0.25, -0.2) is 8.42 Å². The number of non-ortho nitro benzene ring substituents is 1. The van der Waals surface area contributed by atoms with Crippen LogP contribution in [0.3, 0.4) is 0 Å². The molecule has 2 rings (SSSR count). The van der Waals surface area contributed by atoms with E-state index < -0.39 is 24.7 Å². The molecule has 6 nitrogen and oxygen atoms in total. The van der Waals surface area contributed by atoms with E-state index in [1.807, 2.05) is 0 Å². The second kappa shape index (κ2) is 6.27. The molecule has 0 N–H and O–H groups in total. The van der Waals surface area contributed by atoms with Crippen LogP contribution in [0.15, 0.2) is 17.0 Å². The Kier molecular flexibility index (Phi) is 5.07. The van der Waals surface area contributed by atoms with Crippen LogP contribution in [-0.2, 0) is 16.3 Å². The van der Waals surface area contributed by atoms with E-state index in [4.69, 9.17) is 39.5 Å². The van der Waals surface area contributed by atoms with Crippen LogP contribution in [0.4, 0.5) is 5.69 Å². The molecular weight excluding hydrogens is 389 g/mol. The Balaban J connectivity index is 2.59. The molecule has 0 radical (unpaired) electrons. The highest BCUT2D eigenvalue weighted by atomic mass is 35.6. The van der Waals surface area contributed by atoms with Crippen molar-refractivity contribution in [2.45, 2.75) is 35.1 Å². The summed E-state index contributed by atoms with van der Waals surface area (Å²) in [6.45, 7) is 3.49. The molecule has 1 aromatic rings. The maximum Gasteiger partial charge on any atom is 0.274 e. The lowest BCUT2D eigenvalue weighted by molar-refractivity contribution is -0.385. The van der Waals surface area contributed by atoms with Crippen LogP contribution in [0.25, 0.3) is 0 Å². The van der Waals surface area contributed by atoms with Crippen molar-refractivity contribution in [2.24, 2.45) is 5.92 Å².